The molecule has 1 saturated heterocycles. The third-order valence-corrected chi connectivity index (χ3v) is 6.22. The van der Waals surface area contributed by atoms with Crippen LogP contribution >= 0.6 is 0 Å². The van der Waals surface area contributed by atoms with Crippen LogP contribution in [0.15, 0.2) is 60.8 Å². The first-order valence-electron chi connectivity index (χ1n) is 12.3. The van der Waals surface area contributed by atoms with Crippen LogP contribution < -0.4 is 10.5 Å². The highest BCUT2D eigenvalue weighted by molar-refractivity contribution is 6.00. The Kier molecular flexibility index (Phi) is 6.45. The van der Waals surface area contributed by atoms with Crippen molar-refractivity contribution in [3.63, 3.8) is 0 Å². The van der Waals surface area contributed by atoms with Crippen LogP contribution in [-0.4, -0.2) is 44.4 Å². The third kappa shape index (κ3) is 5.21. The minimum absolute atomic E-state index is 0.122. The summed E-state index contributed by atoms with van der Waals surface area (Å²) in [4.78, 5) is 18.7. The van der Waals surface area contributed by atoms with Gasteiger partial charge in [0, 0.05) is 30.9 Å². The molecule has 1 atom stereocenters. The second-order valence-electron chi connectivity index (χ2n) is 10.2. The lowest BCUT2D eigenvalue weighted by Crippen LogP contribution is -2.43. The summed E-state index contributed by atoms with van der Waals surface area (Å²) in [6.45, 7) is 6.58. The van der Waals surface area contributed by atoms with E-state index in [0.29, 0.717) is 41.2 Å². The number of pyridine rings is 1. The molecule has 0 saturated carbocycles. The maximum atomic E-state index is 15.4. The summed E-state index contributed by atoms with van der Waals surface area (Å²) in [5.74, 6) is 0.775. The fraction of sp³-hybridized carbons (Fsp3) is 0.321. The molecule has 0 unspecified atom stereocenters. The predicted molar refractivity (Wildman–Crippen MR) is 140 cm³/mol. The third-order valence-electron chi connectivity index (χ3n) is 6.22. The summed E-state index contributed by atoms with van der Waals surface area (Å²) >= 11 is 0. The topological polar surface area (TPSA) is 95.5 Å². The fourth-order valence-corrected chi connectivity index (χ4v) is 4.60. The van der Waals surface area contributed by atoms with Gasteiger partial charge in [-0.2, -0.15) is 5.10 Å². The molecular formula is C28H30FN5O3. The Balaban J connectivity index is 1.49. The number of halogens is 1. The van der Waals surface area contributed by atoms with E-state index >= 15 is 4.39 Å². The summed E-state index contributed by atoms with van der Waals surface area (Å²) in [7, 11) is 0. The number of rotatable bonds is 4. The number of ether oxygens (including phenoxy) is 2. The summed E-state index contributed by atoms with van der Waals surface area (Å²) < 4.78 is 28.6. The molecule has 2 N–H and O–H groups in total. The number of likely N-dealkylation sites (tertiary alicyclic amines) is 1. The largest absolute Gasteiger partial charge is 0.457 e. The maximum absolute atomic E-state index is 15.4. The van der Waals surface area contributed by atoms with Gasteiger partial charge in [-0.3, -0.25) is 4.68 Å². The van der Waals surface area contributed by atoms with Crippen LogP contribution in [0.3, 0.4) is 0 Å². The van der Waals surface area contributed by atoms with Crippen LogP contribution in [-0.2, 0) is 4.74 Å². The van der Waals surface area contributed by atoms with Crippen LogP contribution in [0.25, 0.3) is 22.2 Å². The monoisotopic (exact) mass is 503 g/mol. The van der Waals surface area contributed by atoms with Gasteiger partial charge in [-0.25, -0.2) is 14.2 Å². The van der Waals surface area contributed by atoms with Crippen LogP contribution in [0, 0.1) is 5.82 Å². The van der Waals surface area contributed by atoms with Crippen molar-refractivity contribution in [3.8, 4) is 22.8 Å². The molecule has 2 aromatic heterocycles. The number of carbonyl (C=O) groups is 1. The number of nitrogen functional groups attached to an aromatic ring is 1. The van der Waals surface area contributed by atoms with Gasteiger partial charge in [0.25, 0.3) is 0 Å². The number of anilines is 1. The van der Waals surface area contributed by atoms with Crippen LogP contribution in [0.1, 0.15) is 39.7 Å². The molecule has 0 aliphatic carbocycles. The zero-order valence-corrected chi connectivity index (χ0v) is 21.1. The van der Waals surface area contributed by atoms with E-state index in [1.165, 1.54) is 6.07 Å². The van der Waals surface area contributed by atoms with Gasteiger partial charge in [0.2, 0.25) is 0 Å². The van der Waals surface area contributed by atoms with E-state index in [9.17, 15) is 4.79 Å². The molecule has 1 fully saturated rings. The lowest BCUT2D eigenvalue weighted by molar-refractivity contribution is 0.0169. The standard InChI is InChI=1S/C28H30FN5O3/c1-28(2,3)37-27(35)33-15-7-8-18(17-33)34-23-13-14-31-26(30)24(23)25(32-34)21-12-11-20(16-22(21)29)36-19-9-5-4-6-10-19/h4-6,9-14,16,18H,7-8,15,17H2,1-3H3,(H2,30,31)/t18-/m1/s1. The molecule has 5 rings (SSSR count). The highest BCUT2D eigenvalue weighted by Gasteiger charge is 2.31. The van der Waals surface area contributed by atoms with E-state index in [4.69, 9.17) is 20.3 Å². The number of nitrogens with zero attached hydrogens (tertiary/aromatic N) is 4. The number of fused-ring (bicyclic) bond motifs is 1. The molecule has 3 heterocycles. The number of para-hydroxylation sites is 1. The van der Waals surface area contributed by atoms with Crippen molar-refractivity contribution in [2.45, 2.75) is 45.3 Å². The number of aromatic nitrogens is 3. The van der Waals surface area contributed by atoms with E-state index in [2.05, 4.69) is 4.98 Å². The Hall–Kier alpha value is -4.14. The van der Waals surface area contributed by atoms with E-state index in [0.717, 1.165) is 18.4 Å². The number of nitrogens with two attached hydrogens (primary N) is 1. The summed E-state index contributed by atoms with van der Waals surface area (Å²) in [6.07, 6.45) is 2.86. The lowest BCUT2D eigenvalue weighted by Gasteiger charge is -2.34. The van der Waals surface area contributed by atoms with E-state index < -0.39 is 11.4 Å². The first-order valence-corrected chi connectivity index (χ1v) is 12.3. The average molecular weight is 504 g/mol. The summed E-state index contributed by atoms with van der Waals surface area (Å²) in [5, 5.41) is 5.40. The van der Waals surface area contributed by atoms with Gasteiger partial charge in [-0.05, 0) is 63.9 Å². The van der Waals surface area contributed by atoms with E-state index in [1.807, 2.05) is 49.7 Å². The number of benzene rings is 2. The van der Waals surface area contributed by atoms with E-state index in [-0.39, 0.29) is 18.0 Å². The molecule has 0 spiro atoms. The van der Waals surface area contributed by atoms with Gasteiger partial charge < -0.3 is 20.1 Å². The molecule has 1 aliphatic rings. The van der Waals surface area contributed by atoms with Gasteiger partial charge in [0.1, 0.15) is 34.4 Å². The highest BCUT2D eigenvalue weighted by Crippen LogP contribution is 2.37. The number of amides is 1. The van der Waals surface area contributed by atoms with Crippen molar-refractivity contribution in [2.75, 3.05) is 18.8 Å². The Morgan fingerprint density at radius 2 is 1.89 bits per heavy atom. The molecule has 0 radical (unpaired) electrons. The zero-order chi connectivity index (χ0) is 26.2. The molecule has 9 heteroatoms. The molecule has 1 amide bonds. The fourth-order valence-electron chi connectivity index (χ4n) is 4.60. The second-order valence-corrected chi connectivity index (χ2v) is 10.2. The predicted octanol–water partition coefficient (Wildman–Crippen LogP) is 6.18. The Labute approximate surface area is 214 Å². The van der Waals surface area contributed by atoms with Crippen LogP contribution in [0.2, 0.25) is 0 Å². The van der Waals surface area contributed by atoms with E-state index in [1.54, 1.807) is 35.4 Å². The Morgan fingerprint density at radius 3 is 2.62 bits per heavy atom. The number of hydrogen-bond acceptors (Lipinski definition) is 6. The molecule has 1 aliphatic heterocycles. The van der Waals surface area contributed by atoms with Gasteiger partial charge in [-0.1, -0.05) is 18.2 Å². The highest BCUT2D eigenvalue weighted by atomic mass is 19.1. The van der Waals surface area contributed by atoms with Gasteiger partial charge >= 0.3 is 6.09 Å². The molecule has 192 valence electrons. The first kappa shape index (κ1) is 24.5. The smallest absolute Gasteiger partial charge is 0.410 e. The van der Waals surface area contributed by atoms with Crippen LogP contribution in [0.5, 0.6) is 11.5 Å². The molecular weight excluding hydrogens is 473 g/mol. The normalized spacial score (nSPS) is 16.1. The van der Waals surface area contributed by atoms with Crippen molar-refractivity contribution in [1.29, 1.82) is 0 Å². The molecule has 2 aromatic carbocycles. The average Bonchev–Trinajstić information content (AvgIpc) is 3.25. The molecule has 0 bridgehead atoms. The Bertz CT molecular complexity index is 1430. The van der Waals surface area contributed by atoms with Gasteiger partial charge in [0.15, 0.2) is 0 Å². The minimum Gasteiger partial charge on any atom is -0.457 e. The minimum atomic E-state index is -0.580. The summed E-state index contributed by atoms with van der Waals surface area (Å²) in [5.41, 5.74) is 7.12. The SMILES string of the molecule is CC(C)(C)OC(=O)N1CCC[C@@H](n2nc(-c3ccc(Oc4ccccc4)cc3F)c3c(N)nccc32)C1. The van der Waals surface area contributed by atoms with Crippen LogP contribution in [0.4, 0.5) is 15.0 Å². The Morgan fingerprint density at radius 1 is 1.11 bits per heavy atom. The quantitative estimate of drug-likeness (QED) is 0.357. The molecule has 37 heavy (non-hydrogen) atoms. The van der Waals surface area contributed by atoms with Crippen molar-refractivity contribution < 1.29 is 18.7 Å². The maximum Gasteiger partial charge on any atom is 0.410 e. The first-order chi connectivity index (χ1) is 17.7. The zero-order valence-electron chi connectivity index (χ0n) is 21.1. The van der Waals surface area contributed by atoms with Crippen molar-refractivity contribution in [3.05, 3.63) is 66.6 Å². The molecule has 8 nitrogen and oxygen atoms in total. The second kappa shape index (κ2) is 9.72. The van der Waals surface area contributed by atoms with Crippen molar-refractivity contribution in [1.82, 2.24) is 19.7 Å². The molecule has 4 aromatic rings. The number of piperidine rings is 1. The van der Waals surface area contributed by atoms with Crippen molar-refractivity contribution >= 4 is 22.8 Å². The van der Waals surface area contributed by atoms with Gasteiger partial charge in [-0.15, -0.1) is 0 Å². The lowest BCUT2D eigenvalue weighted by atomic mass is 10.1. The number of carbonyl (C=O) groups excluding carboxylic acids is 1. The van der Waals surface area contributed by atoms with Gasteiger partial charge in [0.05, 0.1) is 16.9 Å². The number of hydrogen-bond donors (Lipinski definition) is 1. The van der Waals surface area contributed by atoms with Crippen molar-refractivity contribution in [2.24, 2.45) is 0 Å². The summed E-state index contributed by atoms with van der Waals surface area (Å²) in [6, 6.07) is 15.6.